The molecular weight excluding hydrogens is 212 g/mol. The van der Waals surface area contributed by atoms with E-state index in [9.17, 15) is 0 Å². The lowest BCUT2D eigenvalue weighted by molar-refractivity contribution is 0.231. The maximum Gasteiger partial charge on any atom is 0.213 e. The first-order valence-corrected chi connectivity index (χ1v) is 6.57. The van der Waals surface area contributed by atoms with Gasteiger partial charge in [-0.15, -0.1) is 0 Å². The Morgan fingerprint density at radius 3 is 3.06 bits per heavy atom. The summed E-state index contributed by atoms with van der Waals surface area (Å²) in [7, 11) is 0. The van der Waals surface area contributed by atoms with Gasteiger partial charge in [0.1, 0.15) is 0 Å². The van der Waals surface area contributed by atoms with E-state index in [1.807, 2.05) is 26.0 Å². The van der Waals surface area contributed by atoms with Crippen molar-refractivity contribution in [1.82, 2.24) is 10.3 Å². The second kappa shape index (κ2) is 6.01. The molecule has 94 valence electrons. The van der Waals surface area contributed by atoms with Gasteiger partial charge in [0.25, 0.3) is 0 Å². The second-order valence-electron chi connectivity index (χ2n) is 5.05. The van der Waals surface area contributed by atoms with Crippen LogP contribution < -0.4 is 10.1 Å². The number of piperidine rings is 1. The zero-order valence-corrected chi connectivity index (χ0v) is 10.8. The molecule has 1 atom stereocenters. The molecule has 0 saturated carbocycles. The van der Waals surface area contributed by atoms with Crippen molar-refractivity contribution in [3.8, 4) is 5.88 Å². The van der Waals surface area contributed by atoms with Gasteiger partial charge >= 0.3 is 0 Å². The third-order valence-corrected chi connectivity index (χ3v) is 3.03. The topological polar surface area (TPSA) is 34.1 Å². The lowest BCUT2D eigenvalue weighted by Crippen LogP contribution is -2.31. The molecule has 0 bridgehead atoms. The molecular formula is C14H22N2O. The minimum atomic E-state index is 0.189. The van der Waals surface area contributed by atoms with Gasteiger partial charge in [-0.25, -0.2) is 4.98 Å². The van der Waals surface area contributed by atoms with Gasteiger partial charge in [-0.2, -0.15) is 0 Å². The molecule has 2 rings (SSSR count). The Bertz CT molecular complexity index is 346. The van der Waals surface area contributed by atoms with Crippen LogP contribution in [-0.2, 0) is 6.42 Å². The van der Waals surface area contributed by atoms with Crippen molar-refractivity contribution in [2.24, 2.45) is 5.92 Å². The number of hydrogen-bond donors (Lipinski definition) is 1. The van der Waals surface area contributed by atoms with Crippen LogP contribution in [0.4, 0.5) is 0 Å². The number of ether oxygens (including phenoxy) is 1. The molecule has 0 spiro atoms. The smallest absolute Gasteiger partial charge is 0.213 e. The minimum absolute atomic E-state index is 0.189. The van der Waals surface area contributed by atoms with Crippen molar-refractivity contribution >= 4 is 0 Å². The van der Waals surface area contributed by atoms with Gasteiger partial charge in [0.15, 0.2) is 0 Å². The van der Waals surface area contributed by atoms with E-state index in [-0.39, 0.29) is 6.10 Å². The van der Waals surface area contributed by atoms with Crippen LogP contribution in [0.15, 0.2) is 18.2 Å². The van der Waals surface area contributed by atoms with Crippen molar-refractivity contribution < 1.29 is 4.74 Å². The van der Waals surface area contributed by atoms with Crippen molar-refractivity contribution in [1.29, 1.82) is 0 Å². The average Bonchev–Trinajstić information content (AvgIpc) is 2.30. The van der Waals surface area contributed by atoms with Crippen LogP contribution in [0.25, 0.3) is 0 Å². The Hall–Kier alpha value is -1.09. The zero-order valence-electron chi connectivity index (χ0n) is 10.8. The fraction of sp³-hybridized carbons (Fsp3) is 0.643. The third kappa shape index (κ3) is 4.00. The molecule has 1 saturated heterocycles. The molecule has 1 aliphatic rings. The Kier molecular flexibility index (Phi) is 4.37. The van der Waals surface area contributed by atoms with Crippen LogP contribution in [0.1, 0.15) is 32.4 Å². The van der Waals surface area contributed by atoms with Crippen molar-refractivity contribution in [2.45, 2.75) is 39.2 Å². The van der Waals surface area contributed by atoms with E-state index in [4.69, 9.17) is 4.74 Å². The van der Waals surface area contributed by atoms with E-state index in [0.29, 0.717) is 0 Å². The number of rotatable bonds is 4. The van der Waals surface area contributed by atoms with E-state index in [2.05, 4.69) is 16.4 Å². The predicted octanol–water partition coefficient (Wildman–Crippen LogP) is 2.41. The van der Waals surface area contributed by atoms with E-state index >= 15 is 0 Å². The summed E-state index contributed by atoms with van der Waals surface area (Å²) in [5.41, 5.74) is 1.15. The highest BCUT2D eigenvalue weighted by Crippen LogP contribution is 2.17. The summed E-state index contributed by atoms with van der Waals surface area (Å²) in [6, 6.07) is 6.07. The monoisotopic (exact) mass is 234 g/mol. The predicted molar refractivity (Wildman–Crippen MR) is 69.3 cm³/mol. The van der Waals surface area contributed by atoms with Crippen molar-refractivity contribution in [3.63, 3.8) is 0 Å². The van der Waals surface area contributed by atoms with Gasteiger partial charge < -0.3 is 10.1 Å². The molecule has 2 heterocycles. The first-order valence-electron chi connectivity index (χ1n) is 6.57. The van der Waals surface area contributed by atoms with Crippen molar-refractivity contribution in [2.75, 3.05) is 13.1 Å². The third-order valence-electron chi connectivity index (χ3n) is 3.03. The summed E-state index contributed by atoms with van der Waals surface area (Å²) in [4.78, 5) is 4.56. The Labute approximate surface area is 104 Å². The van der Waals surface area contributed by atoms with Gasteiger partial charge in [0, 0.05) is 11.8 Å². The van der Waals surface area contributed by atoms with Crippen LogP contribution in [0.3, 0.4) is 0 Å². The SMILES string of the molecule is CC(C)Oc1cccc(CC2CCCNC2)n1. The Balaban J connectivity index is 1.95. The van der Waals surface area contributed by atoms with Gasteiger partial charge in [-0.05, 0) is 58.2 Å². The Morgan fingerprint density at radius 2 is 2.35 bits per heavy atom. The van der Waals surface area contributed by atoms with Gasteiger partial charge in [-0.3, -0.25) is 0 Å². The van der Waals surface area contributed by atoms with Crippen LogP contribution in [-0.4, -0.2) is 24.2 Å². The normalized spacial score (nSPS) is 20.5. The number of aromatic nitrogens is 1. The molecule has 0 amide bonds. The second-order valence-corrected chi connectivity index (χ2v) is 5.05. The fourth-order valence-corrected chi connectivity index (χ4v) is 2.27. The molecule has 1 aromatic heterocycles. The molecule has 1 unspecified atom stereocenters. The standard InChI is InChI=1S/C14H22N2O/c1-11(2)17-14-7-3-6-13(16-14)9-12-5-4-8-15-10-12/h3,6-7,11-12,15H,4-5,8-10H2,1-2H3. The number of hydrogen-bond acceptors (Lipinski definition) is 3. The minimum Gasteiger partial charge on any atom is -0.475 e. The van der Waals surface area contributed by atoms with Crippen LogP contribution >= 0.6 is 0 Å². The van der Waals surface area contributed by atoms with E-state index in [0.717, 1.165) is 30.5 Å². The lowest BCUT2D eigenvalue weighted by atomic mass is 9.94. The molecule has 0 aliphatic carbocycles. The summed E-state index contributed by atoms with van der Waals surface area (Å²) in [5, 5.41) is 3.44. The lowest BCUT2D eigenvalue weighted by Gasteiger charge is -2.22. The van der Waals surface area contributed by atoms with Crippen LogP contribution in [0, 0.1) is 5.92 Å². The molecule has 0 radical (unpaired) electrons. The molecule has 1 aromatic rings. The van der Waals surface area contributed by atoms with Gasteiger partial charge in [-0.1, -0.05) is 6.07 Å². The highest BCUT2D eigenvalue weighted by molar-refractivity contribution is 5.16. The maximum absolute atomic E-state index is 5.62. The first kappa shape index (κ1) is 12.4. The zero-order chi connectivity index (χ0) is 12.1. The first-order chi connectivity index (χ1) is 8.24. The molecule has 17 heavy (non-hydrogen) atoms. The van der Waals surface area contributed by atoms with Gasteiger partial charge in [0.05, 0.1) is 6.10 Å². The molecule has 0 aromatic carbocycles. The largest absolute Gasteiger partial charge is 0.475 e. The van der Waals surface area contributed by atoms with Gasteiger partial charge in [0.2, 0.25) is 5.88 Å². The molecule has 3 nitrogen and oxygen atoms in total. The van der Waals surface area contributed by atoms with E-state index < -0.39 is 0 Å². The van der Waals surface area contributed by atoms with Crippen LogP contribution in [0.2, 0.25) is 0 Å². The fourth-order valence-electron chi connectivity index (χ4n) is 2.27. The summed E-state index contributed by atoms with van der Waals surface area (Å²) >= 11 is 0. The molecule has 1 N–H and O–H groups in total. The maximum atomic E-state index is 5.62. The summed E-state index contributed by atoms with van der Waals surface area (Å²) in [6.45, 7) is 6.34. The quantitative estimate of drug-likeness (QED) is 0.868. The summed E-state index contributed by atoms with van der Waals surface area (Å²) in [5.74, 6) is 1.48. The Morgan fingerprint density at radius 1 is 1.47 bits per heavy atom. The van der Waals surface area contributed by atoms with Crippen LogP contribution in [0.5, 0.6) is 5.88 Å². The summed E-state index contributed by atoms with van der Waals surface area (Å²) < 4.78 is 5.62. The number of pyridine rings is 1. The highest BCUT2D eigenvalue weighted by atomic mass is 16.5. The van der Waals surface area contributed by atoms with E-state index in [1.54, 1.807) is 0 Å². The molecule has 1 aliphatic heterocycles. The molecule has 3 heteroatoms. The average molecular weight is 234 g/mol. The summed E-state index contributed by atoms with van der Waals surface area (Å²) in [6.07, 6.45) is 3.84. The van der Waals surface area contributed by atoms with Crippen molar-refractivity contribution in [3.05, 3.63) is 23.9 Å². The highest BCUT2D eigenvalue weighted by Gasteiger charge is 2.14. The number of nitrogens with zero attached hydrogens (tertiary/aromatic N) is 1. The molecule has 1 fully saturated rings. The van der Waals surface area contributed by atoms with E-state index in [1.165, 1.54) is 19.4 Å². The number of nitrogens with one attached hydrogen (secondary N) is 1.